The molecule has 0 amide bonds. The molecule has 0 spiro atoms. The lowest BCUT2D eigenvalue weighted by Gasteiger charge is -2.56. The molecule has 3 fully saturated rings. The minimum atomic E-state index is -1.44. The Morgan fingerprint density at radius 3 is 2.73 bits per heavy atom. The van der Waals surface area contributed by atoms with Crippen LogP contribution in [0.3, 0.4) is 0 Å². The molecule has 4 rings (SSSR count). The zero-order chi connectivity index (χ0) is 18.9. The van der Waals surface area contributed by atoms with Crippen LogP contribution in [0, 0.1) is 34.5 Å². The highest BCUT2D eigenvalue weighted by Crippen LogP contribution is 2.67. The number of hydrogen-bond donors (Lipinski definition) is 2. The fourth-order valence-electron chi connectivity index (χ4n) is 7.38. The third-order valence-electron chi connectivity index (χ3n) is 8.99. The lowest BCUT2D eigenvalue weighted by Crippen LogP contribution is -2.58. The normalized spacial score (nSPS) is 50.5. The first-order chi connectivity index (χ1) is 12.2. The number of allylic oxidation sites excluding steroid dienone is 2. The molecule has 0 radical (unpaired) electrons. The van der Waals surface area contributed by atoms with E-state index in [2.05, 4.69) is 19.9 Å². The van der Waals surface area contributed by atoms with E-state index in [9.17, 15) is 19.8 Å². The summed E-state index contributed by atoms with van der Waals surface area (Å²) in [4.78, 5) is 24.5. The summed E-state index contributed by atoms with van der Waals surface area (Å²) in [5.41, 5.74) is -0.344. The molecule has 0 aromatic carbocycles. The van der Waals surface area contributed by atoms with Gasteiger partial charge in [-0.05, 0) is 61.2 Å². The van der Waals surface area contributed by atoms with Crippen molar-refractivity contribution in [2.45, 2.75) is 71.3 Å². The van der Waals surface area contributed by atoms with Crippen molar-refractivity contribution in [3.8, 4) is 0 Å². The van der Waals surface area contributed by atoms with Crippen LogP contribution < -0.4 is 0 Å². The smallest absolute Gasteiger partial charge is 0.190 e. The second-order valence-electron chi connectivity index (χ2n) is 9.91. The topological polar surface area (TPSA) is 74.6 Å². The molecule has 144 valence electrons. The highest BCUT2D eigenvalue weighted by molar-refractivity contribution is 5.90. The Hall–Kier alpha value is -1.00. The highest BCUT2D eigenvalue weighted by atomic mass is 16.3. The summed E-state index contributed by atoms with van der Waals surface area (Å²) in [7, 11) is 0. The molecule has 4 aliphatic carbocycles. The van der Waals surface area contributed by atoms with E-state index in [1.54, 1.807) is 0 Å². The van der Waals surface area contributed by atoms with Crippen LogP contribution in [0.2, 0.25) is 0 Å². The van der Waals surface area contributed by atoms with Crippen LogP contribution in [0.5, 0.6) is 0 Å². The third kappa shape index (κ3) is 2.09. The van der Waals surface area contributed by atoms with E-state index >= 15 is 0 Å². The summed E-state index contributed by atoms with van der Waals surface area (Å²) in [5, 5.41) is 20.9. The first-order valence-corrected chi connectivity index (χ1v) is 10.3. The standard InChI is InChI=1S/C22H32O4/c1-13-10-18-16-5-4-14-11-15(24)6-8-20(14,2)17(16)7-9-21(18,3)22(13,26)19(25)12-23/h7,13-14,16,18,23,26H,4-6,8-12H2,1-3H3/t13-,14-,16+,18-,20-,21-,22-/m0/s1. The summed E-state index contributed by atoms with van der Waals surface area (Å²) in [6.45, 7) is 5.77. The Labute approximate surface area is 156 Å². The van der Waals surface area contributed by atoms with Crippen molar-refractivity contribution in [3.05, 3.63) is 11.6 Å². The predicted octanol–water partition coefficient (Wildman–Crippen LogP) is 3.06. The van der Waals surface area contributed by atoms with Gasteiger partial charge in [0.05, 0.1) is 0 Å². The Balaban J connectivity index is 1.74. The number of Topliss-reactive ketones (excluding diaryl/α,β-unsaturated/α-hetero) is 2. The van der Waals surface area contributed by atoms with Crippen molar-refractivity contribution in [2.24, 2.45) is 34.5 Å². The molecule has 4 heteroatoms. The second-order valence-corrected chi connectivity index (χ2v) is 9.91. The molecule has 7 atom stereocenters. The molecule has 0 aromatic rings. The van der Waals surface area contributed by atoms with E-state index in [1.165, 1.54) is 5.57 Å². The minimum absolute atomic E-state index is 0.100. The first-order valence-electron chi connectivity index (χ1n) is 10.3. The number of rotatable bonds is 2. The number of hydrogen-bond acceptors (Lipinski definition) is 4. The van der Waals surface area contributed by atoms with Crippen molar-refractivity contribution >= 4 is 11.6 Å². The van der Waals surface area contributed by atoms with Crippen LogP contribution in [-0.4, -0.2) is 34.0 Å². The predicted molar refractivity (Wildman–Crippen MR) is 98.3 cm³/mol. The maximum Gasteiger partial charge on any atom is 0.190 e. The average molecular weight is 360 g/mol. The van der Waals surface area contributed by atoms with Crippen LogP contribution in [0.1, 0.15) is 65.7 Å². The molecule has 0 heterocycles. The van der Waals surface area contributed by atoms with E-state index in [0.717, 1.165) is 25.7 Å². The number of carbonyl (C=O) groups excluding carboxylic acids is 2. The minimum Gasteiger partial charge on any atom is -0.388 e. The summed E-state index contributed by atoms with van der Waals surface area (Å²) in [6, 6.07) is 0. The van der Waals surface area contributed by atoms with Crippen molar-refractivity contribution in [2.75, 3.05) is 6.61 Å². The van der Waals surface area contributed by atoms with Gasteiger partial charge in [-0.3, -0.25) is 9.59 Å². The van der Waals surface area contributed by atoms with Gasteiger partial charge < -0.3 is 10.2 Å². The lowest BCUT2D eigenvalue weighted by molar-refractivity contribution is -0.162. The summed E-state index contributed by atoms with van der Waals surface area (Å²) in [5.74, 6) is 0.968. The van der Waals surface area contributed by atoms with Crippen molar-refractivity contribution in [1.29, 1.82) is 0 Å². The van der Waals surface area contributed by atoms with Crippen molar-refractivity contribution < 1.29 is 19.8 Å². The van der Waals surface area contributed by atoms with Crippen LogP contribution >= 0.6 is 0 Å². The lowest BCUT2D eigenvalue weighted by atomic mass is 9.48. The maximum atomic E-state index is 12.5. The van der Waals surface area contributed by atoms with Gasteiger partial charge >= 0.3 is 0 Å². The van der Waals surface area contributed by atoms with E-state index in [-0.39, 0.29) is 17.3 Å². The van der Waals surface area contributed by atoms with Crippen LogP contribution in [0.25, 0.3) is 0 Å². The molecule has 0 aromatic heterocycles. The average Bonchev–Trinajstić information content (AvgIpc) is 2.83. The molecule has 2 N–H and O–H groups in total. The number of carbonyl (C=O) groups is 2. The zero-order valence-corrected chi connectivity index (χ0v) is 16.3. The molecule has 4 aliphatic rings. The number of fused-ring (bicyclic) bond motifs is 5. The van der Waals surface area contributed by atoms with E-state index < -0.39 is 23.4 Å². The summed E-state index contributed by atoms with van der Waals surface area (Å²) >= 11 is 0. The monoisotopic (exact) mass is 360 g/mol. The molecule has 0 aliphatic heterocycles. The Morgan fingerprint density at radius 2 is 2.04 bits per heavy atom. The fourth-order valence-corrected chi connectivity index (χ4v) is 7.38. The van der Waals surface area contributed by atoms with Gasteiger partial charge in [-0.15, -0.1) is 0 Å². The van der Waals surface area contributed by atoms with Gasteiger partial charge in [-0.1, -0.05) is 32.4 Å². The largest absolute Gasteiger partial charge is 0.388 e. The van der Waals surface area contributed by atoms with Crippen LogP contribution in [0.4, 0.5) is 0 Å². The highest BCUT2D eigenvalue weighted by Gasteiger charge is 2.67. The zero-order valence-electron chi connectivity index (χ0n) is 16.3. The summed E-state index contributed by atoms with van der Waals surface area (Å²) < 4.78 is 0. The van der Waals surface area contributed by atoms with E-state index in [4.69, 9.17) is 0 Å². The molecular weight excluding hydrogens is 328 g/mol. The van der Waals surface area contributed by atoms with Gasteiger partial charge in [0.2, 0.25) is 0 Å². The molecule has 0 saturated heterocycles. The van der Waals surface area contributed by atoms with E-state index in [1.807, 2.05) is 6.92 Å². The number of aliphatic hydroxyl groups is 2. The number of aliphatic hydroxyl groups excluding tert-OH is 1. The van der Waals surface area contributed by atoms with Gasteiger partial charge in [0, 0.05) is 18.3 Å². The Morgan fingerprint density at radius 1 is 1.31 bits per heavy atom. The van der Waals surface area contributed by atoms with Crippen molar-refractivity contribution in [3.63, 3.8) is 0 Å². The molecular formula is C22H32O4. The van der Waals surface area contributed by atoms with Crippen molar-refractivity contribution in [1.82, 2.24) is 0 Å². The Bertz CT molecular complexity index is 682. The van der Waals surface area contributed by atoms with E-state index in [0.29, 0.717) is 36.9 Å². The third-order valence-corrected chi connectivity index (χ3v) is 8.99. The first kappa shape index (κ1) is 18.4. The molecule has 0 unspecified atom stereocenters. The quantitative estimate of drug-likeness (QED) is 0.742. The van der Waals surface area contributed by atoms with Gasteiger partial charge in [0.25, 0.3) is 0 Å². The van der Waals surface area contributed by atoms with Gasteiger partial charge in [0.15, 0.2) is 5.78 Å². The van der Waals surface area contributed by atoms with Crippen LogP contribution in [0.15, 0.2) is 11.6 Å². The maximum absolute atomic E-state index is 12.5. The van der Waals surface area contributed by atoms with Crippen LogP contribution in [-0.2, 0) is 9.59 Å². The molecule has 26 heavy (non-hydrogen) atoms. The second kappa shape index (κ2) is 5.75. The van der Waals surface area contributed by atoms with Gasteiger partial charge in [-0.25, -0.2) is 0 Å². The molecule has 4 nitrogen and oxygen atoms in total. The van der Waals surface area contributed by atoms with Gasteiger partial charge in [-0.2, -0.15) is 0 Å². The van der Waals surface area contributed by atoms with Gasteiger partial charge in [0.1, 0.15) is 18.0 Å². The number of ketones is 2. The fraction of sp³-hybridized carbons (Fsp3) is 0.818. The summed E-state index contributed by atoms with van der Waals surface area (Å²) in [6.07, 6.45) is 8.28. The molecule has 3 saturated carbocycles. The SMILES string of the molecule is C[C@H]1C[C@H]2[C@@H]3CC[C@H]4CC(=O)CC[C@]4(C)C3=CC[C@]2(C)[C@@]1(O)C(=O)CO. The molecule has 0 bridgehead atoms. The Kier molecular flexibility index (Phi) is 4.06.